The van der Waals surface area contributed by atoms with E-state index in [0.717, 1.165) is 49.4 Å². The Morgan fingerprint density at radius 3 is 2.26 bits per heavy atom. The SMILES string of the molecule is COC(=O)c1cc(CN2CCC(c3nccn3Cc3cc(OC)c(OC)c(OC)c3)CC2)cn1C. The van der Waals surface area contributed by atoms with Gasteiger partial charge in [0.2, 0.25) is 5.75 Å². The van der Waals surface area contributed by atoms with E-state index in [-0.39, 0.29) is 5.97 Å². The van der Waals surface area contributed by atoms with E-state index in [0.29, 0.717) is 35.4 Å². The maximum atomic E-state index is 11.9. The monoisotopic (exact) mass is 482 g/mol. The van der Waals surface area contributed by atoms with Gasteiger partial charge in [-0.2, -0.15) is 0 Å². The Hall–Kier alpha value is -3.46. The molecule has 1 fully saturated rings. The van der Waals surface area contributed by atoms with Crippen molar-refractivity contribution in [3.05, 3.63) is 59.4 Å². The molecule has 3 aromatic rings. The number of hydrogen-bond donors (Lipinski definition) is 0. The number of ether oxygens (including phenoxy) is 4. The summed E-state index contributed by atoms with van der Waals surface area (Å²) in [4.78, 5) is 19.0. The van der Waals surface area contributed by atoms with Gasteiger partial charge in [-0.3, -0.25) is 4.90 Å². The molecule has 4 rings (SSSR count). The largest absolute Gasteiger partial charge is 0.493 e. The molecule has 0 atom stereocenters. The van der Waals surface area contributed by atoms with Crippen LogP contribution in [0.25, 0.3) is 0 Å². The summed E-state index contributed by atoms with van der Waals surface area (Å²) in [5.41, 5.74) is 2.75. The van der Waals surface area contributed by atoms with Crippen LogP contribution >= 0.6 is 0 Å². The minimum Gasteiger partial charge on any atom is -0.493 e. The standard InChI is InChI=1S/C26H34N4O5/c1-28-15-19(12-21(28)26(31)35-5)16-29-9-6-20(7-10-29)25-27-8-11-30(25)17-18-13-22(32-2)24(34-4)23(14-18)33-3/h8,11-15,20H,6-7,9-10,16-17H2,1-5H3. The average Bonchev–Trinajstić information content (AvgIpc) is 3.49. The fraction of sp³-hybridized carbons (Fsp3) is 0.462. The molecule has 9 heteroatoms. The molecule has 2 aromatic heterocycles. The normalized spacial score (nSPS) is 14.7. The summed E-state index contributed by atoms with van der Waals surface area (Å²) < 4.78 is 25.4. The van der Waals surface area contributed by atoms with E-state index in [9.17, 15) is 4.79 Å². The smallest absolute Gasteiger partial charge is 0.354 e. The minimum atomic E-state index is -0.309. The highest BCUT2D eigenvalue weighted by atomic mass is 16.5. The van der Waals surface area contributed by atoms with Crippen molar-refractivity contribution in [1.82, 2.24) is 19.0 Å². The predicted molar refractivity (Wildman–Crippen MR) is 131 cm³/mol. The van der Waals surface area contributed by atoms with Crippen LogP contribution in [-0.2, 0) is 24.9 Å². The van der Waals surface area contributed by atoms with Gasteiger partial charge in [0.15, 0.2) is 11.5 Å². The van der Waals surface area contributed by atoms with Crippen LogP contribution in [0.1, 0.15) is 46.2 Å². The highest BCUT2D eigenvalue weighted by Gasteiger charge is 2.25. The van der Waals surface area contributed by atoms with Crippen molar-refractivity contribution in [3.8, 4) is 17.2 Å². The van der Waals surface area contributed by atoms with Gasteiger partial charge < -0.3 is 28.1 Å². The third-order valence-corrected chi connectivity index (χ3v) is 6.64. The zero-order valence-electron chi connectivity index (χ0n) is 21.1. The lowest BCUT2D eigenvalue weighted by Gasteiger charge is -2.31. The molecule has 9 nitrogen and oxygen atoms in total. The molecule has 188 valence electrons. The number of carbonyl (C=O) groups is 1. The van der Waals surface area contributed by atoms with Gasteiger partial charge in [-0.05, 0) is 55.3 Å². The summed E-state index contributed by atoms with van der Waals surface area (Å²) in [6, 6.07) is 5.88. The number of benzene rings is 1. The van der Waals surface area contributed by atoms with Crippen molar-refractivity contribution in [2.45, 2.75) is 31.8 Å². The highest BCUT2D eigenvalue weighted by Crippen LogP contribution is 2.38. The number of esters is 1. The molecule has 0 N–H and O–H groups in total. The molecule has 0 aliphatic carbocycles. The quantitative estimate of drug-likeness (QED) is 0.432. The fourth-order valence-electron chi connectivity index (χ4n) is 4.87. The summed E-state index contributed by atoms with van der Waals surface area (Å²) in [7, 11) is 8.14. The molecule has 3 heterocycles. The number of aryl methyl sites for hydroxylation is 1. The predicted octanol–water partition coefficient (Wildman–Crippen LogP) is 3.46. The lowest BCUT2D eigenvalue weighted by Crippen LogP contribution is -2.33. The number of carbonyl (C=O) groups excluding carboxylic acids is 1. The Morgan fingerprint density at radius 2 is 1.66 bits per heavy atom. The fourth-order valence-corrected chi connectivity index (χ4v) is 4.87. The molecule has 1 aromatic carbocycles. The van der Waals surface area contributed by atoms with Crippen LogP contribution in [-0.4, -0.2) is 66.5 Å². The van der Waals surface area contributed by atoms with Crippen LogP contribution in [0.2, 0.25) is 0 Å². The van der Waals surface area contributed by atoms with E-state index in [2.05, 4.69) is 9.47 Å². The Balaban J connectivity index is 1.41. The summed E-state index contributed by atoms with van der Waals surface area (Å²) in [5.74, 6) is 3.07. The number of hydrogen-bond acceptors (Lipinski definition) is 7. The van der Waals surface area contributed by atoms with Gasteiger partial charge in [-0.1, -0.05) is 0 Å². The Labute approximate surface area is 206 Å². The van der Waals surface area contributed by atoms with Crippen molar-refractivity contribution in [3.63, 3.8) is 0 Å². The first-order valence-corrected chi connectivity index (χ1v) is 11.7. The second kappa shape index (κ2) is 10.9. The molecule has 1 saturated heterocycles. The van der Waals surface area contributed by atoms with Gasteiger partial charge in [0.1, 0.15) is 11.5 Å². The van der Waals surface area contributed by atoms with E-state index in [1.807, 2.05) is 48.4 Å². The lowest BCUT2D eigenvalue weighted by atomic mass is 9.95. The third-order valence-electron chi connectivity index (χ3n) is 6.64. The zero-order chi connectivity index (χ0) is 24.9. The number of rotatable bonds is 9. The third kappa shape index (κ3) is 5.30. The van der Waals surface area contributed by atoms with Crippen molar-refractivity contribution < 1.29 is 23.7 Å². The topological polar surface area (TPSA) is 80.0 Å². The summed E-state index contributed by atoms with van der Waals surface area (Å²) >= 11 is 0. The van der Waals surface area contributed by atoms with Crippen molar-refractivity contribution in [1.29, 1.82) is 0 Å². The van der Waals surface area contributed by atoms with Crippen molar-refractivity contribution >= 4 is 5.97 Å². The molecule has 1 aliphatic heterocycles. The number of piperidine rings is 1. The second-order valence-electron chi connectivity index (χ2n) is 8.83. The van der Waals surface area contributed by atoms with Gasteiger partial charge in [-0.25, -0.2) is 9.78 Å². The molecule has 0 amide bonds. The number of methoxy groups -OCH3 is 4. The first kappa shape index (κ1) is 24.7. The van der Waals surface area contributed by atoms with Gasteiger partial charge in [0.25, 0.3) is 0 Å². The average molecular weight is 483 g/mol. The van der Waals surface area contributed by atoms with E-state index >= 15 is 0 Å². The zero-order valence-corrected chi connectivity index (χ0v) is 21.1. The first-order valence-electron chi connectivity index (χ1n) is 11.7. The Morgan fingerprint density at radius 1 is 0.971 bits per heavy atom. The van der Waals surface area contributed by atoms with E-state index < -0.39 is 0 Å². The van der Waals surface area contributed by atoms with Crippen LogP contribution in [0.5, 0.6) is 17.2 Å². The van der Waals surface area contributed by atoms with Crippen LogP contribution in [0.15, 0.2) is 36.8 Å². The molecule has 0 radical (unpaired) electrons. The van der Waals surface area contributed by atoms with E-state index in [4.69, 9.17) is 23.9 Å². The van der Waals surface area contributed by atoms with Gasteiger partial charge in [0, 0.05) is 44.6 Å². The number of nitrogens with zero attached hydrogens (tertiary/aromatic N) is 4. The van der Waals surface area contributed by atoms with Crippen molar-refractivity contribution in [2.24, 2.45) is 7.05 Å². The number of imidazole rings is 1. The van der Waals surface area contributed by atoms with Crippen LogP contribution in [0, 0.1) is 0 Å². The molecular weight excluding hydrogens is 448 g/mol. The van der Waals surface area contributed by atoms with Crippen LogP contribution in [0.3, 0.4) is 0 Å². The van der Waals surface area contributed by atoms with Gasteiger partial charge >= 0.3 is 5.97 Å². The summed E-state index contributed by atoms with van der Waals surface area (Å²) in [6.07, 6.45) is 7.97. The molecule has 0 saturated carbocycles. The van der Waals surface area contributed by atoms with Gasteiger partial charge in [0.05, 0.1) is 28.4 Å². The molecule has 1 aliphatic rings. The van der Waals surface area contributed by atoms with Crippen LogP contribution < -0.4 is 14.2 Å². The number of likely N-dealkylation sites (tertiary alicyclic amines) is 1. The first-order chi connectivity index (χ1) is 17.0. The highest BCUT2D eigenvalue weighted by molar-refractivity contribution is 5.87. The number of aromatic nitrogens is 3. The summed E-state index contributed by atoms with van der Waals surface area (Å²) in [6.45, 7) is 3.44. The van der Waals surface area contributed by atoms with E-state index in [1.54, 1.807) is 21.3 Å². The minimum absolute atomic E-state index is 0.309. The maximum Gasteiger partial charge on any atom is 0.354 e. The lowest BCUT2D eigenvalue weighted by molar-refractivity contribution is 0.0590. The van der Waals surface area contributed by atoms with Crippen LogP contribution in [0.4, 0.5) is 0 Å². The Bertz CT molecular complexity index is 1140. The van der Waals surface area contributed by atoms with Crippen molar-refractivity contribution in [2.75, 3.05) is 41.5 Å². The molecular formula is C26H34N4O5. The Kier molecular flexibility index (Phi) is 7.65. The maximum absolute atomic E-state index is 11.9. The van der Waals surface area contributed by atoms with Gasteiger partial charge in [-0.15, -0.1) is 0 Å². The molecule has 0 bridgehead atoms. The van der Waals surface area contributed by atoms with E-state index in [1.165, 1.54) is 7.11 Å². The second-order valence-corrected chi connectivity index (χ2v) is 8.83. The molecule has 0 spiro atoms. The molecule has 35 heavy (non-hydrogen) atoms. The molecule has 0 unspecified atom stereocenters. The summed E-state index contributed by atoms with van der Waals surface area (Å²) in [5, 5.41) is 0.